The summed E-state index contributed by atoms with van der Waals surface area (Å²) in [6, 6.07) is 11.0. The first-order valence-electron chi connectivity index (χ1n) is 6.25. The van der Waals surface area contributed by atoms with Crippen LogP contribution in [0.2, 0.25) is 15.1 Å². The van der Waals surface area contributed by atoms with E-state index in [1.165, 1.54) is 0 Å². The van der Waals surface area contributed by atoms with Crippen LogP contribution < -0.4 is 0 Å². The lowest BCUT2D eigenvalue weighted by molar-refractivity contribution is 0.882. The number of benzene rings is 2. The Bertz CT molecular complexity index is 824. The highest BCUT2D eigenvalue weighted by molar-refractivity contribution is 6.42. The molecule has 0 amide bonds. The Hall–Kier alpha value is -0.930. The Morgan fingerprint density at radius 3 is 2.43 bits per heavy atom. The van der Waals surface area contributed by atoms with Crippen molar-refractivity contribution in [3.63, 3.8) is 0 Å². The topological polar surface area (TPSA) is 17.8 Å². The summed E-state index contributed by atoms with van der Waals surface area (Å²) in [5, 5.41) is 1.29. The highest BCUT2D eigenvalue weighted by atomic mass is 35.5. The minimum Gasteiger partial charge on any atom is -0.295 e. The van der Waals surface area contributed by atoms with Gasteiger partial charge in [-0.05, 0) is 37.3 Å². The Balaban J connectivity index is 2.36. The predicted molar refractivity (Wildman–Crippen MR) is 90.4 cm³/mol. The lowest BCUT2D eigenvalue weighted by atomic mass is 10.2. The van der Waals surface area contributed by atoms with Gasteiger partial charge in [0, 0.05) is 5.69 Å². The van der Waals surface area contributed by atoms with Gasteiger partial charge in [-0.1, -0.05) is 40.9 Å². The number of fused-ring (bicyclic) bond motifs is 1. The van der Waals surface area contributed by atoms with Crippen LogP contribution >= 0.6 is 46.4 Å². The number of imidazole rings is 1. The molecule has 0 spiro atoms. The molecule has 6 heteroatoms. The van der Waals surface area contributed by atoms with Gasteiger partial charge in [0.05, 0.1) is 26.0 Å². The van der Waals surface area contributed by atoms with Crippen LogP contribution in [0.25, 0.3) is 16.7 Å². The van der Waals surface area contributed by atoms with Crippen LogP contribution in [0, 0.1) is 0 Å². The molecule has 1 unspecified atom stereocenters. The molecular formula is C15H10Cl4N2. The maximum Gasteiger partial charge on any atom is 0.132 e. The largest absolute Gasteiger partial charge is 0.295 e. The molecule has 2 nitrogen and oxygen atoms in total. The summed E-state index contributed by atoms with van der Waals surface area (Å²) in [6.45, 7) is 1.87. The Kier molecular flexibility index (Phi) is 4.06. The maximum atomic E-state index is 6.27. The summed E-state index contributed by atoms with van der Waals surface area (Å²) in [6.07, 6.45) is 0. The molecule has 3 aromatic rings. The van der Waals surface area contributed by atoms with Gasteiger partial charge in [-0.15, -0.1) is 11.6 Å². The van der Waals surface area contributed by atoms with Crippen LogP contribution in [-0.4, -0.2) is 9.55 Å². The quantitative estimate of drug-likeness (QED) is 0.492. The Morgan fingerprint density at radius 1 is 1.00 bits per heavy atom. The summed E-state index contributed by atoms with van der Waals surface area (Å²) < 4.78 is 1.95. The van der Waals surface area contributed by atoms with Crippen LogP contribution in [0.3, 0.4) is 0 Å². The summed E-state index contributed by atoms with van der Waals surface area (Å²) in [4.78, 5) is 4.56. The second-order valence-electron chi connectivity index (χ2n) is 4.63. The van der Waals surface area contributed by atoms with E-state index in [4.69, 9.17) is 46.4 Å². The zero-order chi connectivity index (χ0) is 15.1. The summed E-state index contributed by atoms with van der Waals surface area (Å²) in [7, 11) is 0. The third-order valence-corrected chi connectivity index (χ3v) is 4.42. The molecule has 0 saturated heterocycles. The van der Waals surface area contributed by atoms with E-state index in [2.05, 4.69) is 4.98 Å². The van der Waals surface area contributed by atoms with Crippen molar-refractivity contribution >= 4 is 57.4 Å². The number of para-hydroxylation sites is 1. The van der Waals surface area contributed by atoms with Gasteiger partial charge in [-0.2, -0.15) is 0 Å². The number of alkyl halides is 1. The molecule has 1 aromatic heterocycles. The van der Waals surface area contributed by atoms with E-state index >= 15 is 0 Å². The van der Waals surface area contributed by atoms with Crippen molar-refractivity contribution in [3.8, 4) is 5.69 Å². The number of nitrogens with zero attached hydrogens (tertiary/aromatic N) is 2. The van der Waals surface area contributed by atoms with E-state index in [-0.39, 0.29) is 5.38 Å². The van der Waals surface area contributed by atoms with Gasteiger partial charge in [0.25, 0.3) is 0 Å². The number of hydrogen-bond acceptors (Lipinski definition) is 1. The lowest BCUT2D eigenvalue weighted by Crippen LogP contribution is -2.01. The second-order valence-corrected chi connectivity index (χ2v) is 6.50. The average Bonchev–Trinajstić information content (AvgIpc) is 2.83. The smallest absolute Gasteiger partial charge is 0.132 e. The standard InChI is InChI=1S/C15H10Cl4N2/c1-8(16)15-20-14-11(18)3-2-4-13(14)21(15)9-5-6-10(17)12(19)7-9/h2-8H,1H3. The molecule has 1 heterocycles. The van der Waals surface area contributed by atoms with Crippen LogP contribution in [0.1, 0.15) is 18.1 Å². The normalized spacial score (nSPS) is 12.8. The first-order valence-corrected chi connectivity index (χ1v) is 7.82. The summed E-state index contributed by atoms with van der Waals surface area (Å²) in [5.74, 6) is 0.707. The molecule has 0 N–H and O–H groups in total. The molecule has 21 heavy (non-hydrogen) atoms. The second kappa shape index (κ2) is 5.69. The molecule has 0 bridgehead atoms. The van der Waals surface area contributed by atoms with Gasteiger partial charge >= 0.3 is 0 Å². The molecule has 108 valence electrons. The molecule has 0 aliphatic heterocycles. The van der Waals surface area contributed by atoms with Gasteiger partial charge in [-0.3, -0.25) is 4.57 Å². The SMILES string of the molecule is CC(Cl)c1nc2c(Cl)cccc2n1-c1ccc(Cl)c(Cl)c1. The first kappa shape index (κ1) is 15.0. The fraction of sp³-hybridized carbons (Fsp3) is 0.133. The van der Waals surface area contributed by atoms with Crippen molar-refractivity contribution in [2.75, 3.05) is 0 Å². The van der Waals surface area contributed by atoms with E-state index in [0.717, 1.165) is 11.2 Å². The fourth-order valence-corrected chi connectivity index (χ4v) is 2.90. The summed E-state index contributed by atoms with van der Waals surface area (Å²) >= 11 is 24.6. The maximum absolute atomic E-state index is 6.27. The minimum atomic E-state index is -0.275. The fourth-order valence-electron chi connectivity index (χ4n) is 2.25. The molecule has 0 radical (unpaired) electrons. The number of hydrogen-bond donors (Lipinski definition) is 0. The number of halogens is 4. The zero-order valence-electron chi connectivity index (χ0n) is 10.9. The van der Waals surface area contributed by atoms with Crippen LogP contribution in [0.15, 0.2) is 36.4 Å². The Labute approximate surface area is 142 Å². The average molecular weight is 360 g/mol. The number of aromatic nitrogens is 2. The predicted octanol–water partition coefficient (Wildman–Crippen LogP) is 6.29. The third kappa shape index (κ3) is 2.62. The lowest BCUT2D eigenvalue weighted by Gasteiger charge is -2.11. The molecule has 3 rings (SSSR count). The van der Waals surface area contributed by atoms with E-state index in [0.29, 0.717) is 26.4 Å². The molecule has 0 saturated carbocycles. The van der Waals surface area contributed by atoms with Crippen molar-refractivity contribution in [2.24, 2.45) is 0 Å². The van der Waals surface area contributed by atoms with Crippen molar-refractivity contribution in [1.82, 2.24) is 9.55 Å². The molecule has 0 aliphatic carbocycles. The molecular weight excluding hydrogens is 350 g/mol. The highest BCUT2D eigenvalue weighted by Gasteiger charge is 2.18. The minimum absolute atomic E-state index is 0.275. The van der Waals surface area contributed by atoms with Gasteiger partial charge in [0.1, 0.15) is 11.3 Å². The van der Waals surface area contributed by atoms with Crippen LogP contribution in [0.5, 0.6) is 0 Å². The van der Waals surface area contributed by atoms with Crippen molar-refractivity contribution < 1.29 is 0 Å². The van der Waals surface area contributed by atoms with Gasteiger partial charge in [0.2, 0.25) is 0 Å². The number of rotatable bonds is 2. The molecule has 2 aromatic carbocycles. The molecule has 0 aliphatic rings. The third-order valence-electron chi connectivity index (χ3n) is 3.18. The monoisotopic (exact) mass is 358 g/mol. The van der Waals surface area contributed by atoms with Gasteiger partial charge in [-0.25, -0.2) is 4.98 Å². The zero-order valence-corrected chi connectivity index (χ0v) is 14.0. The van der Waals surface area contributed by atoms with Crippen molar-refractivity contribution in [3.05, 3.63) is 57.3 Å². The van der Waals surface area contributed by atoms with Crippen molar-refractivity contribution in [2.45, 2.75) is 12.3 Å². The van der Waals surface area contributed by atoms with Crippen molar-refractivity contribution in [1.29, 1.82) is 0 Å². The highest BCUT2D eigenvalue weighted by Crippen LogP contribution is 2.33. The van der Waals surface area contributed by atoms with E-state index in [1.807, 2.05) is 29.7 Å². The first-order chi connectivity index (χ1) is 9.99. The molecule has 1 atom stereocenters. The van der Waals surface area contributed by atoms with Gasteiger partial charge in [0.15, 0.2) is 0 Å². The summed E-state index contributed by atoms with van der Waals surface area (Å²) in [5.41, 5.74) is 2.44. The Morgan fingerprint density at radius 2 is 1.76 bits per heavy atom. The van der Waals surface area contributed by atoms with E-state index in [9.17, 15) is 0 Å². The van der Waals surface area contributed by atoms with Crippen LogP contribution in [-0.2, 0) is 0 Å². The van der Waals surface area contributed by atoms with Crippen LogP contribution in [0.4, 0.5) is 0 Å². The molecule has 0 fully saturated rings. The van der Waals surface area contributed by atoms with E-state index in [1.54, 1.807) is 18.2 Å². The van der Waals surface area contributed by atoms with Gasteiger partial charge < -0.3 is 0 Å². The van der Waals surface area contributed by atoms with E-state index < -0.39 is 0 Å².